The average molecular weight is 194 g/mol. The van der Waals surface area contributed by atoms with Crippen LogP contribution >= 0.6 is 0 Å². The topological polar surface area (TPSA) is 17.1 Å². The van der Waals surface area contributed by atoms with E-state index in [1.54, 1.807) is 0 Å². The van der Waals surface area contributed by atoms with Crippen LogP contribution in [0.2, 0.25) is 0 Å². The maximum absolute atomic E-state index is 11.8. The normalized spacial score (nSPS) is 41.7. The van der Waals surface area contributed by atoms with E-state index in [1.807, 2.05) is 0 Å². The molecule has 0 aromatic rings. The fourth-order valence-corrected chi connectivity index (χ4v) is 3.65. The molecule has 0 heterocycles. The molecule has 0 saturated heterocycles. The molecular formula is C13H22O. The molecule has 0 N–H and O–H groups in total. The number of Topliss-reactive ketones (excluding diaryl/α,β-unsaturated/α-hetero) is 1. The summed E-state index contributed by atoms with van der Waals surface area (Å²) in [6, 6.07) is 0. The molecule has 4 atom stereocenters. The predicted molar refractivity (Wildman–Crippen MR) is 58.0 cm³/mol. The number of carbonyl (C=O) groups is 1. The van der Waals surface area contributed by atoms with Crippen LogP contribution in [-0.2, 0) is 4.79 Å². The predicted octanol–water partition coefficient (Wildman–Crippen LogP) is 3.43. The van der Waals surface area contributed by atoms with Crippen molar-refractivity contribution in [3.05, 3.63) is 0 Å². The summed E-state index contributed by atoms with van der Waals surface area (Å²) in [6.45, 7) is 4.51. The third-order valence-corrected chi connectivity index (χ3v) is 4.40. The van der Waals surface area contributed by atoms with E-state index in [0.717, 1.165) is 18.3 Å². The minimum Gasteiger partial charge on any atom is -0.299 e. The van der Waals surface area contributed by atoms with Gasteiger partial charge in [0.2, 0.25) is 0 Å². The summed E-state index contributed by atoms with van der Waals surface area (Å²) in [6.07, 6.45) is 7.42. The minimum atomic E-state index is 0.455. The molecule has 2 fully saturated rings. The first-order valence-electron chi connectivity index (χ1n) is 6.26. The van der Waals surface area contributed by atoms with Crippen molar-refractivity contribution < 1.29 is 4.79 Å². The Morgan fingerprint density at radius 1 is 1.36 bits per heavy atom. The number of fused-ring (bicyclic) bond motifs is 1. The quantitative estimate of drug-likeness (QED) is 0.672. The van der Waals surface area contributed by atoms with Gasteiger partial charge in [0.1, 0.15) is 5.78 Å². The molecule has 0 radical (unpaired) electrons. The number of rotatable bonds is 3. The van der Waals surface area contributed by atoms with E-state index in [4.69, 9.17) is 0 Å². The largest absolute Gasteiger partial charge is 0.299 e. The van der Waals surface area contributed by atoms with Crippen LogP contribution in [0.1, 0.15) is 52.4 Å². The van der Waals surface area contributed by atoms with Crippen LogP contribution in [0, 0.1) is 23.7 Å². The Kier molecular flexibility index (Phi) is 2.94. The summed E-state index contributed by atoms with van der Waals surface area (Å²) in [5.74, 6) is 3.23. The van der Waals surface area contributed by atoms with Crippen molar-refractivity contribution in [1.29, 1.82) is 0 Å². The lowest BCUT2D eigenvalue weighted by Gasteiger charge is -2.17. The van der Waals surface area contributed by atoms with Gasteiger partial charge >= 0.3 is 0 Å². The molecule has 2 aliphatic rings. The van der Waals surface area contributed by atoms with Gasteiger partial charge in [-0.15, -0.1) is 0 Å². The van der Waals surface area contributed by atoms with E-state index in [1.165, 1.54) is 32.1 Å². The van der Waals surface area contributed by atoms with Gasteiger partial charge in [0.15, 0.2) is 0 Å². The smallest absolute Gasteiger partial charge is 0.136 e. The van der Waals surface area contributed by atoms with Crippen LogP contribution < -0.4 is 0 Å². The van der Waals surface area contributed by atoms with Crippen LogP contribution in [0.3, 0.4) is 0 Å². The Morgan fingerprint density at radius 3 is 2.86 bits per heavy atom. The van der Waals surface area contributed by atoms with Crippen molar-refractivity contribution in [3.63, 3.8) is 0 Å². The molecule has 2 aliphatic carbocycles. The van der Waals surface area contributed by atoms with E-state index in [2.05, 4.69) is 13.8 Å². The molecule has 2 rings (SSSR count). The summed E-state index contributed by atoms with van der Waals surface area (Å²) >= 11 is 0. The second-order valence-electron chi connectivity index (χ2n) is 5.32. The lowest BCUT2D eigenvalue weighted by atomic mass is 9.87. The van der Waals surface area contributed by atoms with E-state index in [-0.39, 0.29) is 0 Å². The molecule has 0 amide bonds. The van der Waals surface area contributed by atoms with Gasteiger partial charge in [-0.3, -0.25) is 4.79 Å². The highest BCUT2D eigenvalue weighted by atomic mass is 16.1. The zero-order valence-electron chi connectivity index (χ0n) is 9.46. The van der Waals surface area contributed by atoms with E-state index in [0.29, 0.717) is 17.6 Å². The third-order valence-electron chi connectivity index (χ3n) is 4.40. The summed E-state index contributed by atoms with van der Waals surface area (Å²) < 4.78 is 0. The Bertz CT molecular complexity index is 221. The van der Waals surface area contributed by atoms with Crippen molar-refractivity contribution in [2.75, 3.05) is 0 Å². The summed E-state index contributed by atoms with van der Waals surface area (Å²) in [5, 5.41) is 0. The molecule has 1 nitrogen and oxygen atoms in total. The Morgan fingerprint density at radius 2 is 2.14 bits per heavy atom. The monoisotopic (exact) mass is 194 g/mol. The van der Waals surface area contributed by atoms with Gasteiger partial charge in [0.25, 0.3) is 0 Å². The molecule has 0 aliphatic heterocycles. The zero-order valence-corrected chi connectivity index (χ0v) is 9.46. The molecule has 0 spiro atoms. The first-order valence-corrected chi connectivity index (χ1v) is 6.26. The lowest BCUT2D eigenvalue weighted by Crippen LogP contribution is -2.15. The second kappa shape index (κ2) is 4.04. The number of unbranched alkanes of at least 4 members (excludes halogenated alkanes) is 1. The van der Waals surface area contributed by atoms with Crippen LogP contribution in [0.4, 0.5) is 0 Å². The van der Waals surface area contributed by atoms with Crippen LogP contribution in [0.25, 0.3) is 0 Å². The van der Waals surface area contributed by atoms with Gasteiger partial charge in [-0.1, -0.05) is 26.7 Å². The molecule has 1 heteroatoms. The summed E-state index contributed by atoms with van der Waals surface area (Å²) in [7, 11) is 0. The second-order valence-corrected chi connectivity index (χ2v) is 5.32. The van der Waals surface area contributed by atoms with Gasteiger partial charge in [0.05, 0.1) is 0 Å². The van der Waals surface area contributed by atoms with Gasteiger partial charge < -0.3 is 0 Å². The van der Waals surface area contributed by atoms with Crippen molar-refractivity contribution in [1.82, 2.24) is 0 Å². The minimum absolute atomic E-state index is 0.455. The molecule has 0 aromatic carbocycles. The van der Waals surface area contributed by atoms with E-state index in [9.17, 15) is 4.79 Å². The molecule has 0 bridgehead atoms. The van der Waals surface area contributed by atoms with Crippen molar-refractivity contribution in [2.24, 2.45) is 23.7 Å². The fourth-order valence-electron chi connectivity index (χ4n) is 3.65. The number of hydrogen-bond donors (Lipinski definition) is 0. The SMILES string of the molecule is CCCCC1CC(=O)C2C(C)CCC12. The highest BCUT2D eigenvalue weighted by molar-refractivity contribution is 5.84. The van der Waals surface area contributed by atoms with E-state index < -0.39 is 0 Å². The summed E-state index contributed by atoms with van der Waals surface area (Å²) in [4.78, 5) is 11.8. The fraction of sp³-hybridized carbons (Fsp3) is 0.923. The maximum Gasteiger partial charge on any atom is 0.136 e. The van der Waals surface area contributed by atoms with Crippen molar-refractivity contribution in [2.45, 2.75) is 52.4 Å². The first kappa shape index (κ1) is 10.2. The Hall–Kier alpha value is -0.330. The number of hydrogen-bond acceptors (Lipinski definition) is 1. The Labute approximate surface area is 87.3 Å². The molecular weight excluding hydrogens is 172 g/mol. The van der Waals surface area contributed by atoms with E-state index >= 15 is 0 Å². The van der Waals surface area contributed by atoms with Crippen LogP contribution in [0.15, 0.2) is 0 Å². The van der Waals surface area contributed by atoms with Crippen molar-refractivity contribution >= 4 is 5.78 Å². The summed E-state index contributed by atoms with van der Waals surface area (Å²) in [5.41, 5.74) is 0. The van der Waals surface area contributed by atoms with Crippen molar-refractivity contribution in [3.8, 4) is 0 Å². The van der Waals surface area contributed by atoms with Crippen LogP contribution in [-0.4, -0.2) is 5.78 Å². The van der Waals surface area contributed by atoms with Gasteiger partial charge in [-0.25, -0.2) is 0 Å². The average Bonchev–Trinajstić information content (AvgIpc) is 2.67. The van der Waals surface area contributed by atoms with Gasteiger partial charge in [-0.2, -0.15) is 0 Å². The lowest BCUT2D eigenvalue weighted by molar-refractivity contribution is -0.121. The molecule has 0 aromatic heterocycles. The Balaban J connectivity index is 1.99. The molecule has 4 unspecified atom stereocenters. The van der Waals surface area contributed by atoms with Crippen LogP contribution in [0.5, 0.6) is 0 Å². The molecule has 14 heavy (non-hydrogen) atoms. The van der Waals surface area contributed by atoms with Gasteiger partial charge in [-0.05, 0) is 37.0 Å². The third kappa shape index (κ3) is 1.62. The maximum atomic E-state index is 11.8. The highest BCUT2D eigenvalue weighted by Gasteiger charge is 2.47. The zero-order chi connectivity index (χ0) is 10.1. The first-order chi connectivity index (χ1) is 6.74. The highest BCUT2D eigenvalue weighted by Crippen LogP contribution is 2.49. The van der Waals surface area contributed by atoms with Gasteiger partial charge in [0, 0.05) is 12.3 Å². The number of carbonyl (C=O) groups excluding carboxylic acids is 1. The molecule has 2 saturated carbocycles. The standard InChI is InChI=1S/C13H22O/c1-3-4-5-10-8-12(14)13-9(2)6-7-11(10)13/h9-11,13H,3-8H2,1-2H3. The molecule has 80 valence electrons. The number of ketones is 1.